The topological polar surface area (TPSA) is 34.1 Å². The van der Waals surface area contributed by atoms with Gasteiger partial charge in [-0.3, -0.25) is 0 Å². The molecular weight excluding hydrogens is 227 g/mol. The van der Waals surface area contributed by atoms with Gasteiger partial charge in [0.25, 0.3) is 0 Å². The number of benzene rings is 1. The van der Waals surface area contributed by atoms with Gasteiger partial charge in [0.2, 0.25) is 0 Å². The molecule has 0 aliphatic rings. The third kappa shape index (κ3) is 3.27. The van der Waals surface area contributed by atoms with Crippen LogP contribution in [-0.4, -0.2) is 14.3 Å². The Morgan fingerprint density at radius 2 is 1.79 bits per heavy atom. The molecule has 0 aromatic heterocycles. The van der Waals surface area contributed by atoms with Crippen molar-refractivity contribution in [2.45, 2.75) is 17.7 Å². The lowest BCUT2D eigenvalue weighted by molar-refractivity contribution is 0.552. The molecule has 0 bridgehead atoms. The summed E-state index contributed by atoms with van der Waals surface area (Å²) in [5, 5.41) is 0. The largest absolute Gasteiger partial charge is 0.332 e. The molecule has 1 rings (SSSR count). The van der Waals surface area contributed by atoms with Crippen LogP contribution < -0.4 is 0 Å². The van der Waals surface area contributed by atoms with Crippen molar-refractivity contribution >= 4 is 21.8 Å². The van der Waals surface area contributed by atoms with Crippen LogP contribution in [0.15, 0.2) is 29.2 Å². The van der Waals surface area contributed by atoms with Crippen LogP contribution in [0.25, 0.3) is 0 Å². The van der Waals surface area contributed by atoms with Crippen molar-refractivity contribution < 1.29 is 12.3 Å². The van der Waals surface area contributed by atoms with E-state index in [9.17, 15) is 12.3 Å². The average molecular weight is 237 g/mol. The first kappa shape index (κ1) is 11.5. The summed E-state index contributed by atoms with van der Waals surface area (Å²) in [6.45, 7) is 0. The third-order valence-corrected chi connectivity index (χ3v) is 2.91. The Kier molecular flexibility index (Phi) is 3.89. The van der Waals surface area contributed by atoms with Gasteiger partial charge in [0.1, 0.15) is 0 Å². The monoisotopic (exact) mass is 236 g/mol. The van der Waals surface area contributed by atoms with Crippen LogP contribution in [-0.2, 0) is 16.6 Å². The maximum absolute atomic E-state index is 12.5. The first-order valence-electron chi connectivity index (χ1n) is 4.13. The molecule has 0 fully saturated rings. The van der Waals surface area contributed by atoms with E-state index in [1.807, 2.05) is 0 Å². The molecule has 1 aromatic carbocycles. The van der Waals surface area contributed by atoms with Crippen LogP contribution in [0.5, 0.6) is 0 Å². The van der Waals surface area contributed by atoms with Crippen molar-refractivity contribution in [1.82, 2.24) is 0 Å². The number of aryl methyl sites for hydroxylation is 1. The summed E-state index contributed by atoms with van der Waals surface area (Å²) in [5.41, 5.74) is 0.957. The average Bonchev–Trinajstić information content (AvgIpc) is 2.14. The highest BCUT2D eigenvalue weighted by Crippen LogP contribution is 2.13. The van der Waals surface area contributed by atoms with E-state index in [0.717, 1.165) is 18.4 Å². The molecule has 1 aromatic rings. The van der Waals surface area contributed by atoms with Crippen molar-refractivity contribution in [3.05, 3.63) is 29.8 Å². The minimum Gasteiger partial charge on any atom is -0.189 e. The predicted octanol–water partition coefficient (Wildman–Crippen LogP) is 2.52. The quantitative estimate of drug-likeness (QED) is 0.595. The molecule has 0 amide bonds. The molecule has 0 atom stereocenters. The molecule has 14 heavy (non-hydrogen) atoms. The van der Waals surface area contributed by atoms with Crippen LogP contribution in [0.1, 0.15) is 12.0 Å². The van der Waals surface area contributed by atoms with Crippen LogP contribution in [0.3, 0.4) is 0 Å². The lowest BCUT2D eigenvalue weighted by atomic mass is 10.1. The second kappa shape index (κ2) is 4.75. The van der Waals surface area contributed by atoms with Crippen LogP contribution >= 0.6 is 11.6 Å². The summed E-state index contributed by atoms with van der Waals surface area (Å²) in [5.74, 6) is 0.559. The molecule has 0 saturated carbocycles. The van der Waals surface area contributed by atoms with E-state index in [1.165, 1.54) is 12.1 Å². The van der Waals surface area contributed by atoms with Crippen molar-refractivity contribution in [2.75, 3.05) is 5.88 Å². The van der Waals surface area contributed by atoms with Gasteiger partial charge in [-0.1, -0.05) is 12.1 Å². The first-order valence-corrected chi connectivity index (χ1v) is 6.05. The molecule has 0 saturated heterocycles. The zero-order chi connectivity index (χ0) is 10.6. The normalized spacial score (nSPS) is 11.6. The van der Waals surface area contributed by atoms with E-state index in [-0.39, 0.29) is 4.90 Å². The van der Waals surface area contributed by atoms with Gasteiger partial charge in [-0.2, -0.15) is 8.42 Å². The molecule has 78 valence electrons. The van der Waals surface area contributed by atoms with Crippen molar-refractivity contribution in [3.63, 3.8) is 0 Å². The molecule has 2 nitrogen and oxygen atoms in total. The lowest BCUT2D eigenvalue weighted by Gasteiger charge is -1.99. The number of hydrogen-bond donors (Lipinski definition) is 0. The SMILES string of the molecule is O=S(=O)(F)c1ccc(CCCCl)cc1. The van der Waals surface area contributed by atoms with E-state index in [1.54, 1.807) is 12.1 Å². The summed E-state index contributed by atoms with van der Waals surface area (Å²) < 4.78 is 33.4. The molecular formula is C9H10ClFO2S. The summed E-state index contributed by atoms with van der Waals surface area (Å²) in [6.07, 6.45) is 1.60. The molecule has 0 N–H and O–H groups in total. The number of alkyl halides is 1. The predicted molar refractivity (Wildman–Crippen MR) is 53.8 cm³/mol. The fourth-order valence-electron chi connectivity index (χ4n) is 1.09. The highest BCUT2D eigenvalue weighted by Gasteiger charge is 2.10. The lowest BCUT2D eigenvalue weighted by Crippen LogP contribution is -1.93. The van der Waals surface area contributed by atoms with Gasteiger partial charge in [0.05, 0.1) is 4.90 Å². The van der Waals surface area contributed by atoms with E-state index in [0.29, 0.717) is 5.88 Å². The Hall–Kier alpha value is -0.610. The van der Waals surface area contributed by atoms with Crippen molar-refractivity contribution in [1.29, 1.82) is 0 Å². The molecule has 0 radical (unpaired) electrons. The molecule has 5 heteroatoms. The van der Waals surface area contributed by atoms with Crippen LogP contribution in [0, 0.1) is 0 Å². The van der Waals surface area contributed by atoms with Crippen molar-refractivity contribution in [2.24, 2.45) is 0 Å². The second-order valence-electron chi connectivity index (χ2n) is 2.87. The molecule has 0 aliphatic carbocycles. The standard InChI is InChI=1S/C9H10ClFO2S/c10-7-1-2-8-3-5-9(6-4-8)14(11,12)13/h3-6H,1-2,7H2. The highest BCUT2D eigenvalue weighted by molar-refractivity contribution is 7.86. The third-order valence-electron chi connectivity index (χ3n) is 1.80. The van der Waals surface area contributed by atoms with Gasteiger partial charge in [0, 0.05) is 5.88 Å². The number of hydrogen-bond acceptors (Lipinski definition) is 2. The minimum atomic E-state index is -4.57. The molecule has 0 heterocycles. The van der Waals surface area contributed by atoms with Gasteiger partial charge >= 0.3 is 10.2 Å². The van der Waals surface area contributed by atoms with E-state index >= 15 is 0 Å². The van der Waals surface area contributed by atoms with Gasteiger partial charge in [-0.15, -0.1) is 15.5 Å². The maximum Gasteiger partial charge on any atom is 0.332 e. The van der Waals surface area contributed by atoms with E-state index < -0.39 is 10.2 Å². The minimum absolute atomic E-state index is 0.299. The fourth-order valence-corrected chi connectivity index (χ4v) is 1.68. The Balaban J connectivity index is 2.79. The second-order valence-corrected chi connectivity index (χ2v) is 4.60. The van der Waals surface area contributed by atoms with Gasteiger partial charge in [0.15, 0.2) is 0 Å². The number of rotatable bonds is 4. The summed E-state index contributed by atoms with van der Waals surface area (Å²) >= 11 is 5.50. The van der Waals surface area contributed by atoms with Crippen LogP contribution in [0.2, 0.25) is 0 Å². The van der Waals surface area contributed by atoms with Crippen LogP contribution in [0.4, 0.5) is 3.89 Å². The fraction of sp³-hybridized carbons (Fsp3) is 0.333. The summed E-state index contributed by atoms with van der Waals surface area (Å²) in [6, 6.07) is 5.72. The summed E-state index contributed by atoms with van der Waals surface area (Å²) in [4.78, 5) is -0.299. The van der Waals surface area contributed by atoms with E-state index in [2.05, 4.69) is 0 Å². The molecule has 0 unspecified atom stereocenters. The molecule has 0 spiro atoms. The smallest absolute Gasteiger partial charge is 0.189 e. The Bertz CT molecular complexity index is 386. The highest BCUT2D eigenvalue weighted by atomic mass is 35.5. The van der Waals surface area contributed by atoms with Gasteiger partial charge < -0.3 is 0 Å². The van der Waals surface area contributed by atoms with Crippen molar-refractivity contribution in [3.8, 4) is 0 Å². The Morgan fingerprint density at radius 3 is 2.21 bits per heavy atom. The maximum atomic E-state index is 12.5. The Labute approximate surface area is 87.9 Å². The Morgan fingerprint density at radius 1 is 1.21 bits per heavy atom. The van der Waals surface area contributed by atoms with E-state index in [4.69, 9.17) is 11.6 Å². The first-order chi connectivity index (χ1) is 6.54. The number of halogens is 2. The zero-order valence-corrected chi connectivity index (χ0v) is 8.98. The van der Waals surface area contributed by atoms with Gasteiger partial charge in [-0.05, 0) is 30.5 Å². The van der Waals surface area contributed by atoms with Gasteiger partial charge in [-0.25, -0.2) is 0 Å². The summed E-state index contributed by atoms with van der Waals surface area (Å²) in [7, 11) is -4.57. The molecule has 0 aliphatic heterocycles. The zero-order valence-electron chi connectivity index (χ0n) is 7.41.